The third kappa shape index (κ3) is 2.48. The van der Waals surface area contributed by atoms with E-state index in [0.717, 1.165) is 11.5 Å². The average Bonchev–Trinajstić information content (AvgIpc) is 2.20. The zero-order valence-electron chi connectivity index (χ0n) is 8.44. The van der Waals surface area contributed by atoms with Crippen molar-refractivity contribution in [3.8, 4) is 0 Å². The first-order valence-electron chi connectivity index (χ1n) is 4.95. The van der Waals surface area contributed by atoms with Crippen LogP contribution in [0.15, 0.2) is 0 Å². The third-order valence-corrected chi connectivity index (χ3v) is 3.60. The maximum absolute atomic E-state index is 12.0. The summed E-state index contributed by atoms with van der Waals surface area (Å²) in [6.45, 7) is 2.34. The van der Waals surface area contributed by atoms with Crippen molar-refractivity contribution in [2.75, 3.05) is 31.2 Å². The lowest BCUT2D eigenvalue weighted by Crippen LogP contribution is -2.55. The molecule has 1 N–H and O–H groups in total. The number of rotatable bonds is 3. The topological polar surface area (TPSA) is 60.4 Å². The van der Waals surface area contributed by atoms with Crippen molar-refractivity contribution in [3.63, 3.8) is 0 Å². The number of aliphatic hydroxyl groups is 1. The highest BCUT2D eigenvalue weighted by molar-refractivity contribution is 7.99. The summed E-state index contributed by atoms with van der Waals surface area (Å²) in [5, 5.41) is 21.0. The number of hydrogen-bond acceptors (Lipinski definition) is 4. The molecule has 0 aromatic heterocycles. The van der Waals surface area contributed by atoms with E-state index >= 15 is 0 Å². The monoisotopic (exact) mass is 219 g/mol. The number of carbonyl (C=O) groups is 1. The molecule has 0 radical (unpaired) electrons. The molecule has 0 aromatic rings. The highest BCUT2D eigenvalue weighted by atomic mass is 32.2. The van der Waals surface area contributed by atoms with Gasteiger partial charge in [-0.25, -0.2) is 4.79 Å². The lowest BCUT2D eigenvalue weighted by Gasteiger charge is -2.43. The first-order chi connectivity index (χ1) is 6.64. The molecule has 1 aliphatic rings. The molecule has 14 heavy (non-hydrogen) atoms. The first kappa shape index (κ1) is 12.0. The van der Waals surface area contributed by atoms with Crippen molar-refractivity contribution in [1.82, 2.24) is 0 Å². The van der Waals surface area contributed by atoms with Gasteiger partial charge >= 0.3 is 5.91 Å². The molecule has 5 heteroatoms. The molecule has 1 aliphatic heterocycles. The molecule has 82 valence electrons. The van der Waals surface area contributed by atoms with Crippen LogP contribution in [0, 0.1) is 11.1 Å². The van der Waals surface area contributed by atoms with E-state index < -0.39 is 10.6 Å². The van der Waals surface area contributed by atoms with Gasteiger partial charge in [-0.2, -0.15) is 11.8 Å². The molecule has 1 heterocycles. The minimum atomic E-state index is -0.730. The number of aliphatic hydroxyl groups excluding tert-OH is 1. The van der Waals surface area contributed by atoms with Crippen molar-refractivity contribution in [2.45, 2.75) is 13.3 Å². The van der Waals surface area contributed by atoms with Gasteiger partial charge in [-0.15, -0.1) is 0 Å². The lowest BCUT2D eigenvalue weighted by atomic mass is 10.1. The summed E-state index contributed by atoms with van der Waals surface area (Å²) >= 11 is 1.71. The van der Waals surface area contributed by atoms with Crippen molar-refractivity contribution >= 4 is 17.7 Å². The van der Waals surface area contributed by atoms with E-state index in [-0.39, 0.29) is 12.5 Å². The van der Waals surface area contributed by atoms with E-state index in [0.29, 0.717) is 19.5 Å². The third-order valence-electron chi connectivity index (χ3n) is 2.66. The van der Waals surface area contributed by atoms with Gasteiger partial charge < -0.3 is 10.3 Å². The number of nitrogens with zero attached hydrogens (tertiary/aromatic N) is 1. The predicted octanol–water partition coefficient (Wildman–Crippen LogP) is 0.593. The average molecular weight is 219 g/mol. The molecule has 1 amide bonds. The van der Waals surface area contributed by atoms with Gasteiger partial charge in [0.2, 0.25) is 0 Å². The second-order valence-electron chi connectivity index (χ2n) is 3.57. The minimum absolute atomic E-state index is 0.204. The summed E-state index contributed by atoms with van der Waals surface area (Å²) in [5.74, 6) is 0.680. The van der Waals surface area contributed by atoms with Crippen LogP contribution in [0.5, 0.6) is 0 Å². The summed E-state index contributed by atoms with van der Waals surface area (Å²) in [6.07, 6.45) is 0.546. The van der Waals surface area contributed by atoms with Crippen molar-refractivity contribution in [2.24, 2.45) is 5.92 Å². The van der Waals surface area contributed by atoms with Crippen LogP contribution in [0.4, 0.5) is 0 Å². The number of amides is 1. The minimum Gasteiger partial charge on any atom is -0.625 e. The quantitative estimate of drug-likeness (QED) is 0.557. The molecule has 0 bridgehead atoms. The van der Waals surface area contributed by atoms with Crippen molar-refractivity contribution in [1.29, 1.82) is 0 Å². The van der Waals surface area contributed by atoms with Gasteiger partial charge in [-0.05, 0) is 6.42 Å². The van der Waals surface area contributed by atoms with Crippen LogP contribution in [-0.2, 0) is 4.79 Å². The van der Waals surface area contributed by atoms with Gasteiger partial charge in [-0.3, -0.25) is 4.65 Å². The lowest BCUT2D eigenvalue weighted by molar-refractivity contribution is -0.802. The van der Waals surface area contributed by atoms with E-state index in [1.807, 2.05) is 6.92 Å². The summed E-state index contributed by atoms with van der Waals surface area (Å²) < 4.78 is -0.730. The van der Waals surface area contributed by atoms with Crippen LogP contribution >= 0.6 is 11.8 Å². The van der Waals surface area contributed by atoms with Crippen LogP contribution in [-0.4, -0.2) is 46.9 Å². The van der Waals surface area contributed by atoms with E-state index in [1.54, 1.807) is 11.8 Å². The highest BCUT2D eigenvalue weighted by Gasteiger charge is 2.34. The standard InChI is InChI=1S/C9H17NO3S/c1-2-8(7-11)9(12)10(13)3-5-14-6-4-10/h8,11H,2-7H2,1H3/t8-/m0/s1. The van der Waals surface area contributed by atoms with Gasteiger partial charge in [-0.1, -0.05) is 6.92 Å². The van der Waals surface area contributed by atoms with Gasteiger partial charge in [0.25, 0.3) is 0 Å². The first-order valence-corrected chi connectivity index (χ1v) is 6.10. The van der Waals surface area contributed by atoms with Crippen LogP contribution in [0.2, 0.25) is 0 Å². The summed E-state index contributed by atoms with van der Waals surface area (Å²) in [4.78, 5) is 11.8. The fraction of sp³-hybridized carbons (Fsp3) is 0.889. The second kappa shape index (κ2) is 5.11. The molecule has 0 saturated carbocycles. The van der Waals surface area contributed by atoms with Crippen LogP contribution < -0.4 is 0 Å². The van der Waals surface area contributed by atoms with E-state index in [9.17, 15) is 10.0 Å². The van der Waals surface area contributed by atoms with E-state index in [2.05, 4.69) is 0 Å². The Hall–Kier alpha value is -0.100. The number of hydrogen-bond donors (Lipinski definition) is 1. The fourth-order valence-corrected chi connectivity index (χ4v) is 2.62. The Kier molecular flexibility index (Phi) is 4.37. The highest BCUT2D eigenvalue weighted by Crippen LogP contribution is 2.21. The molecule has 4 nitrogen and oxygen atoms in total. The van der Waals surface area contributed by atoms with E-state index in [4.69, 9.17) is 5.11 Å². The Morgan fingerprint density at radius 1 is 1.57 bits per heavy atom. The molecule has 0 unspecified atom stereocenters. The smallest absolute Gasteiger partial charge is 0.319 e. The number of carbonyl (C=O) groups excluding carboxylic acids is 1. The molecule has 0 aliphatic carbocycles. The zero-order chi connectivity index (χ0) is 10.6. The normalized spacial score (nSPS) is 23.1. The Balaban J connectivity index is 2.64. The Labute approximate surface area is 88.4 Å². The van der Waals surface area contributed by atoms with Crippen LogP contribution in [0.25, 0.3) is 0 Å². The molecular formula is C9H17NO3S. The van der Waals surface area contributed by atoms with Gasteiger partial charge in [0.05, 0.1) is 25.6 Å². The maximum atomic E-state index is 12.0. The number of hydroxylamine groups is 3. The molecule has 1 rings (SSSR count). The summed E-state index contributed by atoms with van der Waals surface area (Å²) in [7, 11) is 0. The van der Waals surface area contributed by atoms with E-state index in [1.165, 1.54) is 0 Å². The largest absolute Gasteiger partial charge is 0.625 e. The fourth-order valence-electron chi connectivity index (χ4n) is 1.57. The van der Waals surface area contributed by atoms with Crippen molar-refractivity contribution < 1.29 is 14.5 Å². The second-order valence-corrected chi connectivity index (χ2v) is 4.80. The van der Waals surface area contributed by atoms with Crippen molar-refractivity contribution in [3.05, 3.63) is 5.21 Å². The summed E-state index contributed by atoms with van der Waals surface area (Å²) in [5.41, 5.74) is 0. The molecule has 0 aromatic carbocycles. The Bertz CT molecular complexity index is 200. The Morgan fingerprint density at radius 2 is 2.14 bits per heavy atom. The van der Waals surface area contributed by atoms with Gasteiger partial charge in [0, 0.05) is 11.5 Å². The molecule has 1 atom stereocenters. The summed E-state index contributed by atoms with van der Waals surface area (Å²) in [6, 6.07) is 0. The SMILES string of the molecule is CC[C@@H](CO)C(=O)[N+]1([O-])CCSCC1. The molecule has 1 fully saturated rings. The molecule has 0 spiro atoms. The Morgan fingerprint density at radius 3 is 2.57 bits per heavy atom. The number of thioether (sulfide) groups is 1. The zero-order valence-corrected chi connectivity index (χ0v) is 9.26. The molecular weight excluding hydrogens is 202 g/mol. The van der Waals surface area contributed by atoms with Gasteiger partial charge in [0.15, 0.2) is 0 Å². The molecule has 1 saturated heterocycles. The maximum Gasteiger partial charge on any atom is 0.319 e. The van der Waals surface area contributed by atoms with Crippen LogP contribution in [0.3, 0.4) is 0 Å². The van der Waals surface area contributed by atoms with Gasteiger partial charge in [0.1, 0.15) is 0 Å². The predicted molar refractivity (Wildman–Crippen MR) is 56.6 cm³/mol. The van der Waals surface area contributed by atoms with Crippen LogP contribution in [0.1, 0.15) is 13.3 Å². The number of quaternary nitrogens is 1.